The number of hydrogen-bond acceptors (Lipinski definition) is 5. The SMILES string of the molecule is COc1nnc(-c2ccccc2)c(SC)c1N(C)C. The summed E-state index contributed by atoms with van der Waals surface area (Å²) in [7, 11) is 5.57. The third-order valence-corrected chi connectivity index (χ3v) is 3.56. The summed E-state index contributed by atoms with van der Waals surface area (Å²) in [6.45, 7) is 0. The lowest BCUT2D eigenvalue weighted by Crippen LogP contribution is -2.13. The summed E-state index contributed by atoms with van der Waals surface area (Å²) in [5, 5.41) is 8.49. The normalized spacial score (nSPS) is 10.3. The molecule has 0 spiro atoms. The van der Waals surface area contributed by atoms with Crippen LogP contribution in [0.5, 0.6) is 5.88 Å². The van der Waals surface area contributed by atoms with Crippen molar-refractivity contribution in [1.29, 1.82) is 0 Å². The van der Waals surface area contributed by atoms with E-state index >= 15 is 0 Å². The van der Waals surface area contributed by atoms with Crippen LogP contribution in [0.2, 0.25) is 0 Å². The average molecular weight is 275 g/mol. The lowest BCUT2D eigenvalue weighted by Gasteiger charge is -2.20. The van der Waals surface area contributed by atoms with Gasteiger partial charge in [-0.2, -0.15) is 0 Å². The van der Waals surface area contributed by atoms with Crippen LogP contribution in [0, 0.1) is 0 Å². The number of ether oxygens (including phenoxy) is 1. The second-order valence-electron chi connectivity index (χ2n) is 4.20. The molecule has 0 fully saturated rings. The molecule has 0 bridgehead atoms. The van der Waals surface area contributed by atoms with Gasteiger partial charge in [-0.15, -0.1) is 22.0 Å². The smallest absolute Gasteiger partial charge is 0.258 e. The van der Waals surface area contributed by atoms with E-state index in [9.17, 15) is 0 Å². The van der Waals surface area contributed by atoms with Gasteiger partial charge < -0.3 is 9.64 Å². The maximum absolute atomic E-state index is 5.31. The number of hydrogen-bond donors (Lipinski definition) is 0. The zero-order chi connectivity index (χ0) is 13.8. The van der Waals surface area contributed by atoms with Crippen LogP contribution in [0.15, 0.2) is 35.2 Å². The number of methoxy groups -OCH3 is 1. The Morgan fingerprint density at radius 1 is 1.11 bits per heavy atom. The predicted octanol–water partition coefficient (Wildman–Crippen LogP) is 2.94. The van der Waals surface area contributed by atoms with Gasteiger partial charge in [-0.25, -0.2) is 0 Å². The Bertz CT molecular complexity index is 558. The number of anilines is 1. The molecule has 0 N–H and O–H groups in total. The van der Waals surface area contributed by atoms with E-state index in [-0.39, 0.29) is 0 Å². The zero-order valence-corrected chi connectivity index (χ0v) is 12.4. The molecule has 2 aromatic rings. The van der Waals surface area contributed by atoms with Crippen LogP contribution in [-0.4, -0.2) is 37.7 Å². The van der Waals surface area contributed by atoms with E-state index in [1.165, 1.54) is 0 Å². The van der Waals surface area contributed by atoms with Crippen molar-refractivity contribution >= 4 is 17.4 Å². The number of nitrogens with zero attached hydrogens (tertiary/aromatic N) is 3. The summed E-state index contributed by atoms with van der Waals surface area (Å²) in [4.78, 5) is 3.08. The highest BCUT2D eigenvalue weighted by molar-refractivity contribution is 7.98. The van der Waals surface area contributed by atoms with Crippen LogP contribution in [0.25, 0.3) is 11.3 Å². The minimum atomic E-state index is 0.550. The van der Waals surface area contributed by atoms with Crippen LogP contribution in [-0.2, 0) is 0 Å². The zero-order valence-electron chi connectivity index (χ0n) is 11.5. The second kappa shape index (κ2) is 5.93. The van der Waals surface area contributed by atoms with Crippen LogP contribution < -0.4 is 9.64 Å². The standard InChI is InChI=1S/C14H17N3OS/c1-17(2)12-13(19-4)11(15-16-14(12)18-3)10-8-6-5-7-9-10/h5-9H,1-4H3. The van der Waals surface area contributed by atoms with Gasteiger partial charge >= 0.3 is 0 Å². The average Bonchev–Trinajstić information content (AvgIpc) is 2.46. The molecule has 4 nitrogen and oxygen atoms in total. The van der Waals surface area contributed by atoms with Gasteiger partial charge in [-0.05, 0) is 6.26 Å². The molecule has 0 aliphatic rings. The van der Waals surface area contributed by atoms with Crippen LogP contribution in [0.4, 0.5) is 5.69 Å². The molecule has 0 saturated carbocycles. The molecule has 0 amide bonds. The molecule has 0 radical (unpaired) electrons. The summed E-state index contributed by atoms with van der Waals surface area (Å²) in [6.07, 6.45) is 2.04. The molecule has 5 heteroatoms. The molecule has 1 aromatic heterocycles. The van der Waals surface area contributed by atoms with E-state index < -0.39 is 0 Å². The Labute approximate surface area is 117 Å². The lowest BCUT2D eigenvalue weighted by molar-refractivity contribution is 0.391. The molecule has 0 unspecified atom stereocenters. The van der Waals surface area contributed by atoms with E-state index in [2.05, 4.69) is 10.2 Å². The molecule has 0 saturated heterocycles. The van der Waals surface area contributed by atoms with Gasteiger partial charge in [0.1, 0.15) is 11.4 Å². The highest BCUT2D eigenvalue weighted by atomic mass is 32.2. The second-order valence-corrected chi connectivity index (χ2v) is 5.02. The number of benzene rings is 1. The Morgan fingerprint density at radius 2 is 1.79 bits per heavy atom. The Kier molecular flexibility index (Phi) is 4.27. The molecular formula is C14H17N3OS. The van der Waals surface area contributed by atoms with Crippen molar-refractivity contribution in [2.24, 2.45) is 0 Å². The van der Waals surface area contributed by atoms with E-state index in [0.717, 1.165) is 21.8 Å². The topological polar surface area (TPSA) is 38.3 Å². The summed E-state index contributed by atoms with van der Waals surface area (Å²) in [6, 6.07) is 10.1. The van der Waals surface area contributed by atoms with Crippen LogP contribution >= 0.6 is 11.8 Å². The first-order valence-corrected chi connectivity index (χ1v) is 7.13. The summed E-state index contributed by atoms with van der Waals surface area (Å²) in [5.41, 5.74) is 2.91. The fourth-order valence-electron chi connectivity index (χ4n) is 1.91. The Balaban J connectivity index is 2.67. The first-order chi connectivity index (χ1) is 9.19. The number of aromatic nitrogens is 2. The molecule has 1 heterocycles. The van der Waals surface area contributed by atoms with Crippen LogP contribution in [0.1, 0.15) is 0 Å². The third kappa shape index (κ3) is 2.66. The van der Waals surface area contributed by atoms with Gasteiger partial charge in [-0.1, -0.05) is 30.3 Å². The molecule has 19 heavy (non-hydrogen) atoms. The third-order valence-electron chi connectivity index (χ3n) is 2.77. The van der Waals surface area contributed by atoms with Crippen molar-refractivity contribution in [3.63, 3.8) is 0 Å². The maximum atomic E-state index is 5.31. The van der Waals surface area contributed by atoms with Gasteiger partial charge in [0.25, 0.3) is 5.88 Å². The Hall–Kier alpha value is -1.75. The largest absolute Gasteiger partial charge is 0.478 e. The highest BCUT2D eigenvalue weighted by Crippen LogP contribution is 2.40. The van der Waals surface area contributed by atoms with Gasteiger partial charge in [0.15, 0.2) is 0 Å². The van der Waals surface area contributed by atoms with Crippen molar-refractivity contribution in [3.05, 3.63) is 30.3 Å². The molecule has 0 aliphatic carbocycles. The monoisotopic (exact) mass is 275 g/mol. The number of thioether (sulfide) groups is 1. The predicted molar refractivity (Wildman–Crippen MR) is 80.1 cm³/mol. The van der Waals surface area contributed by atoms with Crippen molar-refractivity contribution < 1.29 is 4.74 Å². The molecule has 2 rings (SSSR count). The highest BCUT2D eigenvalue weighted by Gasteiger charge is 2.19. The van der Waals surface area contributed by atoms with Crippen molar-refractivity contribution in [2.75, 3.05) is 32.4 Å². The fourth-order valence-corrected chi connectivity index (χ4v) is 2.72. The minimum Gasteiger partial charge on any atom is -0.478 e. The van der Waals surface area contributed by atoms with Crippen LogP contribution in [0.3, 0.4) is 0 Å². The number of rotatable bonds is 4. The first-order valence-electron chi connectivity index (χ1n) is 5.90. The van der Waals surface area contributed by atoms with E-state index in [0.29, 0.717) is 5.88 Å². The molecule has 0 atom stereocenters. The minimum absolute atomic E-state index is 0.550. The maximum Gasteiger partial charge on any atom is 0.258 e. The quantitative estimate of drug-likeness (QED) is 0.802. The first kappa shape index (κ1) is 13.7. The van der Waals surface area contributed by atoms with Gasteiger partial charge in [-0.3, -0.25) is 0 Å². The van der Waals surface area contributed by atoms with E-state index in [1.807, 2.05) is 55.6 Å². The summed E-state index contributed by atoms with van der Waals surface area (Å²) in [5.74, 6) is 0.550. The van der Waals surface area contributed by atoms with Gasteiger partial charge in [0, 0.05) is 19.7 Å². The fraction of sp³-hybridized carbons (Fsp3) is 0.286. The lowest BCUT2D eigenvalue weighted by atomic mass is 10.1. The summed E-state index contributed by atoms with van der Waals surface area (Å²) >= 11 is 1.65. The molecular weight excluding hydrogens is 258 g/mol. The summed E-state index contributed by atoms with van der Waals surface area (Å²) < 4.78 is 5.31. The van der Waals surface area contributed by atoms with E-state index in [4.69, 9.17) is 4.74 Å². The van der Waals surface area contributed by atoms with E-state index in [1.54, 1.807) is 18.9 Å². The molecule has 0 aliphatic heterocycles. The molecule has 100 valence electrons. The Morgan fingerprint density at radius 3 is 2.32 bits per heavy atom. The van der Waals surface area contributed by atoms with Crippen molar-refractivity contribution in [1.82, 2.24) is 10.2 Å². The van der Waals surface area contributed by atoms with Crippen molar-refractivity contribution in [2.45, 2.75) is 4.90 Å². The van der Waals surface area contributed by atoms with Gasteiger partial charge in [0.2, 0.25) is 0 Å². The van der Waals surface area contributed by atoms with Crippen molar-refractivity contribution in [3.8, 4) is 17.1 Å². The van der Waals surface area contributed by atoms with Gasteiger partial charge in [0.05, 0.1) is 12.0 Å². The molecule has 1 aromatic carbocycles.